The second kappa shape index (κ2) is 5.63. The van der Waals surface area contributed by atoms with Gasteiger partial charge in [0.05, 0.1) is 11.0 Å². The maximum absolute atomic E-state index is 2.53. The molecule has 0 amide bonds. The van der Waals surface area contributed by atoms with Gasteiger partial charge in [-0.1, -0.05) is 72.8 Å². The van der Waals surface area contributed by atoms with Crippen LogP contribution in [-0.4, -0.2) is 15.8 Å². The molecule has 4 heterocycles. The summed E-state index contributed by atoms with van der Waals surface area (Å²) in [6.07, 6.45) is 0. The molecule has 0 fully saturated rings. The average molecular weight is 430 g/mol. The van der Waals surface area contributed by atoms with E-state index in [1.54, 1.807) is 0 Å². The van der Waals surface area contributed by atoms with Crippen LogP contribution in [0.15, 0.2) is 97.1 Å². The van der Waals surface area contributed by atoms with Gasteiger partial charge in [-0.2, -0.15) is 0 Å². The summed E-state index contributed by atoms with van der Waals surface area (Å²) in [6, 6.07) is 36.2. The van der Waals surface area contributed by atoms with Gasteiger partial charge >= 0.3 is 0 Å². The van der Waals surface area contributed by atoms with Gasteiger partial charge in [-0.05, 0) is 53.1 Å². The van der Waals surface area contributed by atoms with Crippen LogP contribution in [0.5, 0.6) is 0 Å². The number of hydrogen-bond acceptors (Lipinski definition) is 0. The lowest BCUT2D eigenvalue weighted by atomic mass is 9.34. The Hall–Kier alpha value is -4.24. The Labute approximate surface area is 196 Å². The molecule has 156 valence electrons. The third kappa shape index (κ3) is 1.74. The van der Waals surface area contributed by atoms with Gasteiger partial charge in [0.15, 0.2) is 0 Å². The van der Waals surface area contributed by atoms with Crippen LogP contribution in [-0.2, 0) is 0 Å². The van der Waals surface area contributed by atoms with E-state index in [0.717, 1.165) is 0 Å². The molecule has 0 spiro atoms. The minimum atomic E-state index is 0.228. The molecule has 0 aliphatic carbocycles. The summed E-state index contributed by atoms with van der Waals surface area (Å²) >= 11 is 0. The second-order valence-electron chi connectivity index (χ2n) is 9.79. The van der Waals surface area contributed by atoms with Crippen LogP contribution in [0.1, 0.15) is 5.56 Å². The molecule has 2 aliphatic rings. The zero-order chi connectivity index (χ0) is 22.1. The van der Waals surface area contributed by atoms with Gasteiger partial charge in [0.25, 0.3) is 6.71 Å². The molecule has 0 atom stereocenters. The minimum Gasteiger partial charge on any atom is -0.310 e. The van der Waals surface area contributed by atoms with Gasteiger partial charge in [-0.3, -0.25) is 0 Å². The van der Waals surface area contributed by atoms with E-state index < -0.39 is 0 Å². The van der Waals surface area contributed by atoms with E-state index in [4.69, 9.17) is 0 Å². The van der Waals surface area contributed by atoms with Crippen molar-refractivity contribution in [3.8, 4) is 11.4 Å². The highest BCUT2D eigenvalue weighted by molar-refractivity contribution is 7.00. The van der Waals surface area contributed by atoms with Crippen LogP contribution in [0.25, 0.3) is 55.0 Å². The summed E-state index contributed by atoms with van der Waals surface area (Å²) in [5.74, 6) is 0. The maximum atomic E-state index is 2.53. The van der Waals surface area contributed by atoms with E-state index in [9.17, 15) is 0 Å². The number of fused-ring (bicyclic) bond motifs is 10. The van der Waals surface area contributed by atoms with Crippen molar-refractivity contribution in [2.75, 3.05) is 0 Å². The van der Waals surface area contributed by atoms with Gasteiger partial charge in [-0.15, -0.1) is 0 Å². The smallest absolute Gasteiger partial charge is 0.252 e. The Morgan fingerprint density at radius 3 is 1.97 bits per heavy atom. The fourth-order valence-electron chi connectivity index (χ4n) is 7.01. The lowest BCUT2D eigenvalue weighted by Crippen LogP contribution is -2.59. The number of aromatic nitrogens is 2. The third-order valence-electron chi connectivity index (χ3n) is 8.23. The van der Waals surface area contributed by atoms with Crippen molar-refractivity contribution in [2.45, 2.75) is 6.92 Å². The second-order valence-corrected chi connectivity index (χ2v) is 9.79. The Bertz CT molecular complexity index is 2040. The maximum Gasteiger partial charge on any atom is 0.252 e. The Balaban J connectivity index is 1.59. The summed E-state index contributed by atoms with van der Waals surface area (Å²) in [5, 5.41) is 5.41. The summed E-state index contributed by atoms with van der Waals surface area (Å²) in [6.45, 7) is 2.48. The van der Waals surface area contributed by atoms with E-state index in [1.807, 2.05) is 0 Å². The first-order valence-electron chi connectivity index (χ1n) is 12.0. The first-order valence-corrected chi connectivity index (χ1v) is 12.0. The number of rotatable bonds is 0. The molecule has 0 saturated carbocycles. The average Bonchev–Trinajstić information content (AvgIpc) is 3.41. The van der Waals surface area contributed by atoms with E-state index >= 15 is 0 Å². The molecule has 2 nitrogen and oxygen atoms in total. The predicted molar refractivity (Wildman–Crippen MR) is 145 cm³/mol. The minimum absolute atomic E-state index is 0.228. The van der Waals surface area contributed by atoms with Crippen molar-refractivity contribution in [1.82, 2.24) is 9.13 Å². The number of nitrogens with zero attached hydrogens (tertiary/aromatic N) is 2. The zero-order valence-corrected chi connectivity index (χ0v) is 18.7. The standard InChI is InChI=1S/C31H19BN2/c1-18-16-17-23-31-28(18)21-9-3-5-13-25(21)34(31)27-15-7-14-26-29(27)32(23)22-11-6-10-20-19-8-2-4-12-24(19)33(26)30(20)22/h2-17H,1H3. The molecule has 7 aromatic rings. The molecule has 2 aliphatic heterocycles. The highest BCUT2D eigenvalue weighted by Crippen LogP contribution is 2.39. The molecular weight excluding hydrogens is 411 g/mol. The van der Waals surface area contributed by atoms with E-state index in [1.165, 1.54) is 76.9 Å². The first-order chi connectivity index (χ1) is 16.8. The van der Waals surface area contributed by atoms with Crippen molar-refractivity contribution in [3.63, 3.8) is 0 Å². The zero-order valence-electron chi connectivity index (χ0n) is 18.7. The Morgan fingerprint density at radius 2 is 1.15 bits per heavy atom. The topological polar surface area (TPSA) is 9.86 Å². The number of hydrogen-bond donors (Lipinski definition) is 0. The van der Waals surface area contributed by atoms with E-state index in [2.05, 4.69) is 113 Å². The van der Waals surface area contributed by atoms with E-state index in [0.29, 0.717) is 0 Å². The normalized spacial score (nSPS) is 13.4. The Kier molecular flexibility index (Phi) is 2.86. The van der Waals surface area contributed by atoms with Crippen LogP contribution in [0.4, 0.5) is 0 Å². The van der Waals surface area contributed by atoms with Gasteiger partial charge in [0, 0.05) is 44.0 Å². The number of benzene rings is 5. The van der Waals surface area contributed by atoms with Gasteiger partial charge < -0.3 is 9.13 Å². The van der Waals surface area contributed by atoms with Gasteiger partial charge in [0.2, 0.25) is 0 Å². The van der Waals surface area contributed by atoms with Crippen LogP contribution < -0.4 is 16.4 Å². The highest BCUT2D eigenvalue weighted by Gasteiger charge is 2.40. The molecular formula is C31H19BN2. The molecule has 0 radical (unpaired) electrons. The Morgan fingerprint density at radius 1 is 0.529 bits per heavy atom. The third-order valence-corrected chi connectivity index (χ3v) is 8.23. The van der Waals surface area contributed by atoms with Crippen LogP contribution in [0, 0.1) is 6.92 Å². The van der Waals surface area contributed by atoms with Crippen molar-refractivity contribution in [3.05, 3.63) is 103 Å². The van der Waals surface area contributed by atoms with Gasteiger partial charge in [-0.25, -0.2) is 0 Å². The van der Waals surface area contributed by atoms with E-state index in [-0.39, 0.29) is 6.71 Å². The molecule has 2 aromatic heterocycles. The molecule has 3 heteroatoms. The van der Waals surface area contributed by atoms with Crippen molar-refractivity contribution >= 4 is 66.7 Å². The number of para-hydroxylation sites is 3. The van der Waals surface area contributed by atoms with Crippen LogP contribution in [0.3, 0.4) is 0 Å². The quantitative estimate of drug-likeness (QED) is 0.288. The van der Waals surface area contributed by atoms with Crippen molar-refractivity contribution < 1.29 is 0 Å². The fraction of sp³-hybridized carbons (Fsp3) is 0.0323. The lowest BCUT2D eigenvalue weighted by Gasteiger charge is -2.33. The molecule has 0 bridgehead atoms. The van der Waals surface area contributed by atoms with Crippen molar-refractivity contribution in [2.24, 2.45) is 0 Å². The SMILES string of the molecule is Cc1ccc2c3c1c1ccccc1n3-c1cccc3c1B2c1cccc2c4ccccc4n-3c12. The lowest BCUT2D eigenvalue weighted by molar-refractivity contribution is 1.14. The molecule has 0 saturated heterocycles. The summed E-state index contributed by atoms with van der Waals surface area (Å²) in [5.41, 5.74) is 13.5. The summed E-state index contributed by atoms with van der Waals surface area (Å²) in [4.78, 5) is 0. The summed E-state index contributed by atoms with van der Waals surface area (Å²) < 4.78 is 5.04. The molecule has 0 unspecified atom stereocenters. The number of aryl methyl sites for hydroxylation is 1. The molecule has 5 aromatic carbocycles. The largest absolute Gasteiger partial charge is 0.310 e. The van der Waals surface area contributed by atoms with Crippen molar-refractivity contribution in [1.29, 1.82) is 0 Å². The van der Waals surface area contributed by atoms with Crippen LogP contribution >= 0.6 is 0 Å². The molecule has 0 N–H and O–H groups in total. The predicted octanol–water partition coefficient (Wildman–Crippen LogP) is 5.33. The molecule has 34 heavy (non-hydrogen) atoms. The van der Waals surface area contributed by atoms with Crippen LogP contribution in [0.2, 0.25) is 0 Å². The molecule has 9 rings (SSSR count). The highest BCUT2D eigenvalue weighted by atomic mass is 15.0. The van der Waals surface area contributed by atoms with Gasteiger partial charge in [0.1, 0.15) is 0 Å². The summed E-state index contributed by atoms with van der Waals surface area (Å²) in [7, 11) is 0. The first kappa shape index (κ1) is 17.3. The monoisotopic (exact) mass is 430 g/mol. The fourth-order valence-corrected chi connectivity index (χ4v) is 7.01.